The molecule has 3 aromatic rings. The van der Waals surface area contributed by atoms with E-state index in [4.69, 9.17) is 11.6 Å². The molecule has 0 aliphatic heterocycles. The van der Waals surface area contributed by atoms with Crippen molar-refractivity contribution >= 4 is 34.8 Å². The molecule has 0 spiro atoms. The normalized spacial score (nSPS) is 10.4. The first-order valence-corrected chi connectivity index (χ1v) is 9.46. The first kappa shape index (κ1) is 19.6. The van der Waals surface area contributed by atoms with E-state index in [9.17, 15) is 9.59 Å². The second-order valence-electron chi connectivity index (χ2n) is 6.32. The quantitative estimate of drug-likeness (QED) is 0.627. The Morgan fingerprint density at radius 2 is 1.64 bits per heavy atom. The van der Waals surface area contributed by atoms with Crippen LogP contribution >= 0.6 is 11.6 Å². The molecule has 0 aromatic heterocycles. The van der Waals surface area contributed by atoms with E-state index < -0.39 is 0 Å². The van der Waals surface area contributed by atoms with E-state index in [1.807, 2.05) is 49.4 Å². The minimum Gasteiger partial charge on any atom is -0.326 e. The van der Waals surface area contributed by atoms with Crippen molar-refractivity contribution < 1.29 is 9.59 Å². The van der Waals surface area contributed by atoms with Crippen LogP contribution < -0.4 is 10.2 Å². The lowest BCUT2D eigenvalue weighted by atomic mass is 10.1. The van der Waals surface area contributed by atoms with Gasteiger partial charge in [0, 0.05) is 28.5 Å². The number of anilines is 2. The zero-order valence-corrected chi connectivity index (χ0v) is 16.3. The van der Waals surface area contributed by atoms with Gasteiger partial charge in [0.1, 0.15) is 0 Å². The molecule has 3 rings (SSSR count). The van der Waals surface area contributed by atoms with Crippen LogP contribution in [-0.4, -0.2) is 18.4 Å². The molecule has 142 valence electrons. The SMILES string of the molecule is CCN(C(=O)c1cccc(NC(=O)Cc2ccc(Cl)cc2)c1)c1ccccc1. The number of nitrogens with zero attached hydrogens (tertiary/aromatic N) is 1. The number of hydrogen-bond donors (Lipinski definition) is 1. The Labute approximate surface area is 169 Å². The third-order valence-corrected chi connectivity index (χ3v) is 4.55. The van der Waals surface area contributed by atoms with Gasteiger partial charge in [0.25, 0.3) is 5.91 Å². The number of nitrogens with one attached hydrogen (secondary N) is 1. The molecule has 0 saturated carbocycles. The molecule has 0 saturated heterocycles. The average Bonchev–Trinajstić information content (AvgIpc) is 2.71. The highest BCUT2D eigenvalue weighted by molar-refractivity contribution is 6.30. The molecule has 0 fully saturated rings. The van der Waals surface area contributed by atoms with Gasteiger partial charge in [-0.1, -0.05) is 48.0 Å². The van der Waals surface area contributed by atoms with Gasteiger partial charge < -0.3 is 10.2 Å². The molecule has 0 aliphatic carbocycles. The van der Waals surface area contributed by atoms with Crippen molar-refractivity contribution in [3.05, 3.63) is 95.0 Å². The van der Waals surface area contributed by atoms with E-state index in [-0.39, 0.29) is 18.2 Å². The summed E-state index contributed by atoms with van der Waals surface area (Å²) in [4.78, 5) is 27.0. The second kappa shape index (κ2) is 9.20. The fraction of sp³-hybridized carbons (Fsp3) is 0.130. The maximum atomic E-state index is 12.9. The van der Waals surface area contributed by atoms with Crippen LogP contribution in [0.1, 0.15) is 22.8 Å². The summed E-state index contributed by atoms with van der Waals surface area (Å²) >= 11 is 5.87. The predicted molar refractivity (Wildman–Crippen MR) is 114 cm³/mol. The number of amides is 2. The number of halogens is 1. The summed E-state index contributed by atoms with van der Waals surface area (Å²) in [6, 6.07) is 23.7. The molecule has 0 heterocycles. The predicted octanol–water partition coefficient (Wildman–Crippen LogP) is 5.19. The number of carbonyl (C=O) groups excluding carboxylic acids is 2. The molecule has 1 N–H and O–H groups in total. The maximum absolute atomic E-state index is 12.9. The number of hydrogen-bond acceptors (Lipinski definition) is 2. The van der Waals surface area contributed by atoms with Crippen LogP contribution in [0.5, 0.6) is 0 Å². The lowest BCUT2D eigenvalue weighted by molar-refractivity contribution is -0.115. The minimum atomic E-state index is -0.151. The summed E-state index contributed by atoms with van der Waals surface area (Å²) in [6.45, 7) is 2.48. The van der Waals surface area contributed by atoms with Crippen LogP contribution in [0.2, 0.25) is 5.02 Å². The third kappa shape index (κ3) is 4.99. The molecule has 0 radical (unpaired) electrons. The number of para-hydroxylation sites is 1. The smallest absolute Gasteiger partial charge is 0.258 e. The number of carbonyl (C=O) groups is 2. The molecule has 0 aliphatic rings. The molecular formula is C23H21ClN2O2. The zero-order chi connectivity index (χ0) is 19.9. The van der Waals surface area contributed by atoms with Gasteiger partial charge >= 0.3 is 0 Å². The Balaban J connectivity index is 1.71. The maximum Gasteiger partial charge on any atom is 0.258 e. The van der Waals surface area contributed by atoms with Crippen molar-refractivity contribution in [2.45, 2.75) is 13.3 Å². The van der Waals surface area contributed by atoms with Crippen LogP contribution in [-0.2, 0) is 11.2 Å². The van der Waals surface area contributed by atoms with Gasteiger partial charge in [-0.25, -0.2) is 0 Å². The lowest BCUT2D eigenvalue weighted by Crippen LogP contribution is -2.30. The molecular weight excluding hydrogens is 372 g/mol. The van der Waals surface area contributed by atoms with E-state index in [1.165, 1.54) is 0 Å². The Kier molecular flexibility index (Phi) is 6.45. The summed E-state index contributed by atoms with van der Waals surface area (Å²) in [5.41, 5.74) is 2.83. The molecule has 5 heteroatoms. The highest BCUT2D eigenvalue weighted by Crippen LogP contribution is 2.19. The van der Waals surface area contributed by atoms with Crippen molar-refractivity contribution in [2.75, 3.05) is 16.8 Å². The summed E-state index contributed by atoms with van der Waals surface area (Å²) in [7, 11) is 0. The van der Waals surface area contributed by atoms with Crippen molar-refractivity contribution in [2.24, 2.45) is 0 Å². The molecule has 4 nitrogen and oxygen atoms in total. The minimum absolute atomic E-state index is 0.109. The molecule has 0 atom stereocenters. The zero-order valence-electron chi connectivity index (χ0n) is 15.6. The van der Waals surface area contributed by atoms with Crippen LogP contribution in [0.15, 0.2) is 78.9 Å². The Bertz CT molecular complexity index is 956. The largest absolute Gasteiger partial charge is 0.326 e. The highest BCUT2D eigenvalue weighted by Gasteiger charge is 2.16. The van der Waals surface area contributed by atoms with E-state index in [2.05, 4.69) is 5.32 Å². The van der Waals surface area contributed by atoms with Crippen LogP contribution in [0.25, 0.3) is 0 Å². The van der Waals surface area contributed by atoms with E-state index in [0.717, 1.165) is 11.3 Å². The van der Waals surface area contributed by atoms with Gasteiger partial charge in [0.15, 0.2) is 0 Å². The third-order valence-electron chi connectivity index (χ3n) is 4.30. The van der Waals surface area contributed by atoms with Gasteiger partial charge in [0.05, 0.1) is 6.42 Å². The van der Waals surface area contributed by atoms with E-state index in [0.29, 0.717) is 22.8 Å². The number of rotatable bonds is 6. The monoisotopic (exact) mass is 392 g/mol. The van der Waals surface area contributed by atoms with Gasteiger partial charge in [0.2, 0.25) is 5.91 Å². The van der Waals surface area contributed by atoms with E-state index in [1.54, 1.807) is 41.3 Å². The molecule has 0 unspecified atom stereocenters. The summed E-state index contributed by atoms with van der Waals surface area (Å²) < 4.78 is 0. The van der Waals surface area contributed by atoms with Crippen molar-refractivity contribution in [1.29, 1.82) is 0 Å². The van der Waals surface area contributed by atoms with Gasteiger partial charge in [-0.15, -0.1) is 0 Å². The summed E-state index contributed by atoms with van der Waals surface area (Å²) in [5.74, 6) is -0.259. The first-order valence-electron chi connectivity index (χ1n) is 9.08. The Hall–Kier alpha value is -3.11. The van der Waals surface area contributed by atoms with Crippen molar-refractivity contribution in [3.63, 3.8) is 0 Å². The molecule has 0 bridgehead atoms. The number of benzene rings is 3. The molecule has 28 heavy (non-hydrogen) atoms. The average molecular weight is 393 g/mol. The fourth-order valence-electron chi connectivity index (χ4n) is 2.93. The first-order chi connectivity index (χ1) is 13.6. The standard InChI is InChI=1S/C23H21ClN2O2/c1-2-26(21-9-4-3-5-10-21)23(28)18-7-6-8-20(16-18)25-22(27)15-17-11-13-19(24)14-12-17/h3-14,16H,2,15H2,1H3,(H,25,27). The second-order valence-corrected chi connectivity index (χ2v) is 6.75. The highest BCUT2D eigenvalue weighted by atomic mass is 35.5. The van der Waals surface area contributed by atoms with Gasteiger partial charge in [-0.2, -0.15) is 0 Å². The summed E-state index contributed by atoms with van der Waals surface area (Å²) in [5, 5.41) is 3.49. The van der Waals surface area contributed by atoms with Crippen molar-refractivity contribution in [3.8, 4) is 0 Å². The molecule has 2 amide bonds. The Morgan fingerprint density at radius 3 is 2.32 bits per heavy atom. The topological polar surface area (TPSA) is 49.4 Å². The lowest BCUT2D eigenvalue weighted by Gasteiger charge is -2.21. The van der Waals surface area contributed by atoms with Crippen LogP contribution in [0.4, 0.5) is 11.4 Å². The van der Waals surface area contributed by atoms with Crippen LogP contribution in [0.3, 0.4) is 0 Å². The van der Waals surface area contributed by atoms with Gasteiger partial charge in [-0.3, -0.25) is 9.59 Å². The van der Waals surface area contributed by atoms with Gasteiger partial charge in [-0.05, 0) is 55.0 Å². The van der Waals surface area contributed by atoms with Crippen molar-refractivity contribution in [1.82, 2.24) is 0 Å². The summed E-state index contributed by atoms with van der Waals surface area (Å²) in [6.07, 6.45) is 0.237. The Morgan fingerprint density at radius 1 is 0.929 bits per heavy atom. The van der Waals surface area contributed by atoms with E-state index >= 15 is 0 Å². The fourth-order valence-corrected chi connectivity index (χ4v) is 3.06. The van der Waals surface area contributed by atoms with Crippen LogP contribution in [0, 0.1) is 0 Å². The molecule has 3 aromatic carbocycles.